The maximum absolute atomic E-state index is 10.0. The number of pyridine rings is 1. The first-order chi connectivity index (χ1) is 10.7. The Bertz CT molecular complexity index is 608. The molecule has 2 unspecified atom stereocenters. The zero-order valence-electron chi connectivity index (χ0n) is 12.4. The molecule has 22 heavy (non-hydrogen) atoms. The number of nitrogens with one attached hydrogen (secondary N) is 1. The van der Waals surface area contributed by atoms with Gasteiger partial charge in [-0.25, -0.2) is 0 Å². The van der Waals surface area contributed by atoms with Gasteiger partial charge in [0.1, 0.15) is 11.8 Å². The molecule has 2 N–H and O–H groups in total. The number of rotatable bonds is 7. The van der Waals surface area contributed by atoms with Gasteiger partial charge in [-0.15, -0.1) is 0 Å². The highest BCUT2D eigenvalue weighted by Gasteiger charge is 2.06. The van der Waals surface area contributed by atoms with Gasteiger partial charge in [-0.1, -0.05) is 12.1 Å². The summed E-state index contributed by atoms with van der Waals surface area (Å²) in [6, 6.07) is 13.2. The van der Waals surface area contributed by atoms with Crippen molar-refractivity contribution in [2.75, 3.05) is 6.54 Å². The van der Waals surface area contributed by atoms with E-state index in [2.05, 4.69) is 10.3 Å². The third-order valence-corrected chi connectivity index (χ3v) is 3.18. The zero-order valence-corrected chi connectivity index (χ0v) is 12.4. The second-order valence-electron chi connectivity index (χ2n) is 4.96. The van der Waals surface area contributed by atoms with Crippen LogP contribution in [0.2, 0.25) is 0 Å². The Kier molecular flexibility index (Phi) is 5.90. The Hall–Kier alpha value is -2.42. The normalized spacial score (nSPS) is 13.1. The SMILES string of the molecule is CC(C#N)Oc1ccc(CNCC(O)c2ccncc2)cc1. The molecule has 1 aromatic heterocycles. The Morgan fingerprint density at radius 3 is 2.55 bits per heavy atom. The monoisotopic (exact) mass is 297 g/mol. The van der Waals surface area contributed by atoms with Gasteiger partial charge in [0.15, 0.2) is 6.10 Å². The predicted molar refractivity (Wildman–Crippen MR) is 83.0 cm³/mol. The number of hydrogen-bond donors (Lipinski definition) is 2. The molecule has 0 aliphatic rings. The number of aliphatic hydroxyl groups is 1. The van der Waals surface area contributed by atoms with E-state index < -0.39 is 12.2 Å². The van der Waals surface area contributed by atoms with Gasteiger partial charge in [0.2, 0.25) is 0 Å². The number of aliphatic hydroxyl groups excluding tert-OH is 1. The molecule has 0 radical (unpaired) electrons. The lowest BCUT2D eigenvalue weighted by Gasteiger charge is -2.12. The Morgan fingerprint density at radius 2 is 1.91 bits per heavy atom. The van der Waals surface area contributed by atoms with Gasteiger partial charge in [0, 0.05) is 25.5 Å². The molecule has 0 aliphatic heterocycles. The topological polar surface area (TPSA) is 78.2 Å². The van der Waals surface area contributed by atoms with Crippen molar-refractivity contribution in [2.24, 2.45) is 0 Å². The molecule has 114 valence electrons. The van der Waals surface area contributed by atoms with Crippen LogP contribution in [0, 0.1) is 11.3 Å². The van der Waals surface area contributed by atoms with Gasteiger partial charge in [-0.3, -0.25) is 4.98 Å². The summed E-state index contributed by atoms with van der Waals surface area (Å²) in [5.41, 5.74) is 1.93. The molecule has 1 aromatic carbocycles. The quantitative estimate of drug-likeness (QED) is 0.819. The summed E-state index contributed by atoms with van der Waals surface area (Å²) in [5, 5.41) is 21.9. The molecule has 0 aliphatic carbocycles. The van der Waals surface area contributed by atoms with Crippen LogP contribution in [0.4, 0.5) is 0 Å². The molecule has 0 fully saturated rings. The fraction of sp³-hybridized carbons (Fsp3) is 0.294. The molecule has 0 saturated carbocycles. The van der Waals surface area contributed by atoms with Crippen molar-refractivity contribution < 1.29 is 9.84 Å². The summed E-state index contributed by atoms with van der Waals surface area (Å²) < 4.78 is 5.39. The Morgan fingerprint density at radius 1 is 1.23 bits per heavy atom. The fourth-order valence-corrected chi connectivity index (χ4v) is 1.97. The Labute approximate surface area is 130 Å². The van der Waals surface area contributed by atoms with Gasteiger partial charge < -0.3 is 15.2 Å². The lowest BCUT2D eigenvalue weighted by molar-refractivity contribution is 0.174. The van der Waals surface area contributed by atoms with E-state index in [1.54, 1.807) is 31.5 Å². The minimum Gasteiger partial charge on any atom is -0.476 e. The molecule has 0 amide bonds. The minimum atomic E-state index is -0.554. The van der Waals surface area contributed by atoms with E-state index in [-0.39, 0.29) is 0 Å². The molecule has 0 spiro atoms. The van der Waals surface area contributed by atoms with Crippen LogP contribution in [0.25, 0.3) is 0 Å². The molecule has 0 bridgehead atoms. The molecule has 2 rings (SSSR count). The van der Waals surface area contributed by atoms with E-state index in [9.17, 15) is 5.11 Å². The number of hydrogen-bond acceptors (Lipinski definition) is 5. The maximum Gasteiger partial charge on any atom is 0.181 e. The lowest BCUT2D eigenvalue weighted by atomic mass is 10.1. The lowest BCUT2D eigenvalue weighted by Crippen LogP contribution is -2.21. The van der Waals surface area contributed by atoms with E-state index in [4.69, 9.17) is 10.00 Å². The van der Waals surface area contributed by atoms with E-state index in [1.165, 1.54) is 0 Å². The first-order valence-electron chi connectivity index (χ1n) is 7.13. The average molecular weight is 297 g/mol. The van der Waals surface area contributed by atoms with Crippen molar-refractivity contribution in [3.8, 4) is 11.8 Å². The van der Waals surface area contributed by atoms with Crippen LogP contribution in [0.3, 0.4) is 0 Å². The van der Waals surface area contributed by atoms with Crippen molar-refractivity contribution >= 4 is 0 Å². The van der Waals surface area contributed by atoms with Crippen LogP contribution in [-0.2, 0) is 6.54 Å². The van der Waals surface area contributed by atoms with E-state index in [1.807, 2.05) is 30.3 Å². The summed E-state index contributed by atoms with van der Waals surface area (Å²) in [6.07, 6.45) is 2.32. The first-order valence-corrected chi connectivity index (χ1v) is 7.13. The summed E-state index contributed by atoms with van der Waals surface area (Å²) in [6.45, 7) is 2.82. The summed E-state index contributed by atoms with van der Waals surface area (Å²) >= 11 is 0. The first kappa shape index (κ1) is 16.0. The zero-order chi connectivity index (χ0) is 15.8. The van der Waals surface area contributed by atoms with Crippen LogP contribution in [0.1, 0.15) is 24.2 Å². The molecule has 5 nitrogen and oxygen atoms in total. The second-order valence-corrected chi connectivity index (χ2v) is 4.96. The Balaban J connectivity index is 1.79. The number of nitriles is 1. The smallest absolute Gasteiger partial charge is 0.181 e. The molecule has 2 atom stereocenters. The standard InChI is InChI=1S/C17H19N3O2/c1-13(10-18)22-16-4-2-14(3-5-16)11-20-12-17(21)15-6-8-19-9-7-15/h2-9,13,17,20-21H,11-12H2,1H3. The average Bonchev–Trinajstić information content (AvgIpc) is 2.57. The van der Waals surface area contributed by atoms with Gasteiger partial charge >= 0.3 is 0 Å². The van der Waals surface area contributed by atoms with Crippen LogP contribution in [-0.4, -0.2) is 22.7 Å². The van der Waals surface area contributed by atoms with Gasteiger partial charge in [-0.2, -0.15) is 5.26 Å². The highest BCUT2D eigenvalue weighted by atomic mass is 16.5. The van der Waals surface area contributed by atoms with Crippen molar-refractivity contribution in [3.05, 3.63) is 59.9 Å². The molecule has 1 heterocycles. The molecular weight excluding hydrogens is 278 g/mol. The molecule has 0 saturated heterocycles. The second kappa shape index (κ2) is 8.13. The third-order valence-electron chi connectivity index (χ3n) is 3.18. The van der Waals surface area contributed by atoms with Gasteiger partial charge in [0.05, 0.1) is 6.10 Å². The highest BCUT2D eigenvalue weighted by Crippen LogP contribution is 2.14. The largest absolute Gasteiger partial charge is 0.476 e. The van der Waals surface area contributed by atoms with Crippen LogP contribution < -0.4 is 10.1 Å². The summed E-state index contributed by atoms with van der Waals surface area (Å²) in [4.78, 5) is 3.93. The van der Waals surface area contributed by atoms with E-state index >= 15 is 0 Å². The molecule has 5 heteroatoms. The third kappa shape index (κ3) is 4.85. The van der Waals surface area contributed by atoms with Gasteiger partial charge in [0.25, 0.3) is 0 Å². The van der Waals surface area contributed by atoms with Crippen LogP contribution in [0.15, 0.2) is 48.8 Å². The number of nitrogens with zero attached hydrogens (tertiary/aromatic N) is 2. The number of aromatic nitrogens is 1. The predicted octanol–water partition coefficient (Wildman–Crippen LogP) is 2.20. The van der Waals surface area contributed by atoms with Crippen molar-refractivity contribution in [1.29, 1.82) is 5.26 Å². The number of benzene rings is 1. The van der Waals surface area contributed by atoms with Crippen molar-refractivity contribution in [1.82, 2.24) is 10.3 Å². The van der Waals surface area contributed by atoms with Crippen molar-refractivity contribution in [2.45, 2.75) is 25.7 Å². The molecular formula is C17H19N3O2. The van der Waals surface area contributed by atoms with Gasteiger partial charge in [-0.05, 0) is 42.3 Å². The highest BCUT2D eigenvalue weighted by molar-refractivity contribution is 5.27. The summed E-state index contributed by atoms with van der Waals surface area (Å²) in [7, 11) is 0. The van der Waals surface area contributed by atoms with Crippen molar-refractivity contribution in [3.63, 3.8) is 0 Å². The minimum absolute atomic E-state index is 0.459. The van der Waals surface area contributed by atoms with E-state index in [0.29, 0.717) is 18.8 Å². The van der Waals surface area contributed by atoms with Crippen LogP contribution in [0.5, 0.6) is 5.75 Å². The number of ether oxygens (including phenoxy) is 1. The van der Waals surface area contributed by atoms with E-state index in [0.717, 1.165) is 11.1 Å². The summed E-state index contributed by atoms with van der Waals surface area (Å²) in [5.74, 6) is 0.676. The van der Waals surface area contributed by atoms with Crippen LogP contribution >= 0.6 is 0 Å². The fourth-order valence-electron chi connectivity index (χ4n) is 1.97. The maximum atomic E-state index is 10.0. The molecule has 2 aromatic rings.